The summed E-state index contributed by atoms with van der Waals surface area (Å²) in [6.07, 6.45) is 12.5. The fourth-order valence-electron chi connectivity index (χ4n) is 7.24. The molecule has 6 rings (SSSR count). The maximum atomic E-state index is 13.7. The Morgan fingerprint density at radius 1 is 1.14 bits per heavy atom. The van der Waals surface area contributed by atoms with Crippen LogP contribution in [0.4, 0.5) is 0 Å². The third kappa shape index (κ3) is 3.71. The number of Topliss-reactive ketones (excluding diaryl/α,β-unsaturated/α-hetero) is 1. The number of rotatable bonds is 5. The van der Waals surface area contributed by atoms with Crippen molar-refractivity contribution < 1.29 is 14.3 Å². The molecule has 0 aromatic rings. The van der Waals surface area contributed by atoms with Gasteiger partial charge in [0.15, 0.2) is 5.78 Å². The smallest absolute Gasteiger partial charge is 0.259 e. The number of aliphatic imine (C=N–C) groups is 1. The second kappa shape index (κ2) is 7.64. The van der Waals surface area contributed by atoms with Crippen molar-refractivity contribution in [2.24, 2.45) is 28.7 Å². The number of ketones is 1. The molecule has 6 aliphatic rings. The highest BCUT2D eigenvalue weighted by atomic mass is 16.5. The first-order chi connectivity index (χ1) is 14.0. The molecule has 1 amide bonds. The van der Waals surface area contributed by atoms with E-state index in [0.717, 1.165) is 81.7 Å². The van der Waals surface area contributed by atoms with Crippen molar-refractivity contribution in [3.05, 3.63) is 11.8 Å². The standard InChI is InChI=1S/C24H34N2O3/c1-16-8-22(27)21(15-25-16)23(28)26(5-2-17-3-6-29-7-4-17)24-12-18-9-19(13-24)11-20(10-18)14-24/h15,17-20H,2-14H2,1H3. The van der Waals surface area contributed by atoms with Gasteiger partial charge in [-0.25, -0.2) is 0 Å². The molecule has 2 aliphatic heterocycles. The van der Waals surface area contributed by atoms with E-state index in [9.17, 15) is 9.59 Å². The van der Waals surface area contributed by atoms with E-state index in [4.69, 9.17) is 4.74 Å². The van der Waals surface area contributed by atoms with E-state index in [1.54, 1.807) is 6.20 Å². The van der Waals surface area contributed by atoms with Crippen molar-refractivity contribution in [1.82, 2.24) is 4.90 Å². The lowest BCUT2D eigenvalue weighted by atomic mass is 9.52. The van der Waals surface area contributed by atoms with Gasteiger partial charge in [-0.15, -0.1) is 0 Å². The molecule has 0 atom stereocenters. The van der Waals surface area contributed by atoms with Crippen molar-refractivity contribution in [1.29, 1.82) is 0 Å². The average molecular weight is 399 g/mol. The number of hydrogen-bond donors (Lipinski definition) is 0. The lowest BCUT2D eigenvalue weighted by Crippen LogP contribution is -2.62. The van der Waals surface area contributed by atoms with Crippen molar-refractivity contribution in [3.8, 4) is 0 Å². The predicted molar refractivity (Wildman–Crippen MR) is 112 cm³/mol. The topological polar surface area (TPSA) is 59.0 Å². The number of carbonyl (C=O) groups is 2. The number of carbonyl (C=O) groups excluding carboxylic acids is 2. The largest absolute Gasteiger partial charge is 0.381 e. The highest BCUT2D eigenvalue weighted by Gasteiger charge is 2.55. The van der Waals surface area contributed by atoms with E-state index in [1.165, 1.54) is 19.3 Å². The average Bonchev–Trinajstić information content (AvgIpc) is 2.67. The molecule has 0 N–H and O–H groups in total. The monoisotopic (exact) mass is 398 g/mol. The van der Waals surface area contributed by atoms with Gasteiger partial charge in [-0.3, -0.25) is 14.6 Å². The van der Waals surface area contributed by atoms with Gasteiger partial charge in [0.05, 0.1) is 0 Å². The zero-order chi connectivity index (χ0) is 20.0. The second-order valence-corrected chi connectivity index (χ2v) is 10.5. The van der Waals surface area contributed by atoms with Crippen molar-refractivity contribution in [3.63, 3.8) is 0 Å². The van der Waals surface area contributed by atoms with Gasteiger partial charge in [0.1, 0.15) is 5.57 Å². The molecule has 0 aromatic carbocycles. The zero-order valence-electron chi connectivity index (χ0n) is 17.7. The minimum absolute atomic E-state index is 0.0195. The minimum atomic E-state index is -0.0525. The molecule has 29 heavy (non-hydrogen) atoms. The molecule has 0 radical (unpaired) electrons. The molecule has 4 bridgehead atoms. The van der Waals surface area contributed by atoms with Crippen molar-refractivity contribution in [2.75, 3.05) is 19.8 Å². The fraction of sp³-hybridized carbons (Fsp3) is 0.792. The van der Waals surface area contributed by atoms with Gasteiger partial charge in [-0.1, -0.05) is 0 Å². The third-order valence-corrected chi connectivity index (χ3v) is 8.29. The van der Waals surface area contributed by atoms with Gasteiger partial charge in [-0.2, -0.15) is 0 Å². The molecule has 5 fully saturated rings. The van der Waals surface area contributed by atoms with E-state index >= 15 is 0 Å². The Kier molecular flexibility index (Phi) is 5.13. The van der Waals surface area contributed by atoms with Crippen LogP contribution in [-0.2, 0) is 14.3 Å². The van der Waals surface area contributed by atoms with E-state index in [0.29, 0.717) is 11.5 Å². The van der Waals surface area contributed by atoms with Gasteiger partial charge in [-0.05, 0) is 88.4 Å². The van der Waals surface area contributed by atoms with Crippen LogP contribution in [0, 0.1) is 23.7 Å². The quantitative estimate of drug-likeness (QED) is 0.660. The van der Waals surface area contributed by atoms with Gasteiger partial charge >= 0.3 is 0 Å². The molecule has 4 saturated carbocycles. The minimum Gasteiger partial charge on any atom is -0.381 e. The van der Waals surface area contributed by atoms with Crippen LogP contribution in [0.5, 0.6) is 0 Å². The predicted octanol–water partition coefficient (Wildman–Crippen LogP) is 3.92. The molecule has 1 saturated heterocycles. The molecular weight excluding hydrogens is 364 g/mol. The normalized spacial score (nSPS) is 36.7. The summed E-state index contributed by atoms with van der Waals surface area (Å²) in [5.74, 6) is 2.86. The number of hydrogen-bond acceptors (Lipinski definition) is 4. The Labute approximate surface area is 174 Å². The van der Waals surface area contributed by atoms with Gasteiger partial charge < -0.3 is 9.64 Å². The van der Waals surface area contributed by atoms with Gasteiger partial charge in [0.25, 0.3) is 5.91 Å². The zero-order valence-corrected chi connectivity index (χ0v) is 17.7. The van der Waals surface area contributed by atoms with Crippen LogP contribution in [0.15, 0.2) is 16.8 Å². The SMILES string of the molecule is CC1=NC=C(C(=O)N(CCC2CCOCC2)C23CC4CC(CC(C4)C2)C3)C(=O)C1. The van der Waals surface area contributed by atoms with Crippen LogP contribution in [0.2, 0.25) is 0 Å². The lowest BCUT2D eigenvalue weighted by molar-refractivity contribution is -0.148. The second-order valence-electron chi connectivity index (χ2n) is 10.5. The molecule has 2 heterocycles. The summed E-state index contributed by atoms with van der Waals surface area (Å²) in [5.41, 5.74) is 1.10. The molecule has 0 unspecified atom stereocenters. The number of ether oxygens (including phenoxy) is 1. The van der Waals surface area contributed by atoms with Crippen LogP contribution in [0.25, 0.3) is 0 Å². The summed E-state index contributed by atoms with van der Waals surface area (Å²) in [6, 6.07) is 0. The van der Waals surface area contributed by atoms with E-state index in [2.05, 4.69) is 9.89 Å². The highest BCUT2D eigenvalue weighted by molar-refractivity contribution is 6.25. The van der Waals surface area contributed by atoms with Crippen LogP contribution in [0.3, 0.4) is 0 Å². The summed E-state index contributed by atoms with van der Waals surface area (Å²) < 4.78 is 5.52. The Hall–Kier alpha value is -1.49. The Bertz CT molecular complexity index is 712. The van der Waals surface area contributed by atoms with E-state index in [1.807, 2.05) is 6.92 Å². The van der Waals surface area contributed by atoms with Crippen LogP contribution in [-0.4, -0.2) is 47.6 Å². The molecule has 5 heteroatoms. The van der Waals surface area contributed by atoms with Gasteiger partial charge in [0.2, 0.25) is 0 Å². The number of nitrogens with zero attached hydrogens (tertiary/aromatic N) is 2. The van der Waals surface area contributed by atoms with Crippen LogP contribution >= 0.6 is 0 Å². The first-order valence-corrected chi connectivity index (χ1v) is 11.7. The third-order valence-electron chi connectivity index (χ3n) is 8.29. The maximum absolute atomic E-state index is 13.7. The first kappa shape index (κ1) is 19.5. The number of amides is 1. The van der Waals surface area contributed by atoms with Crippen LogP contribution in [0.1, 0.15) is 71.1 Å². The van der Waals surface area contributed by atoms with Crippen LogP contribution < -0.4 is 0 Å². The molecular formula is C24H34N2O3. The van der Waals surface area contributed by atoms with Crippen molar-refractivity contribution >= 4 is 17.4 Å². The van der Waals surface area contributed by atoms with E-state index in [-0.39, 0.29) is 23.7 Å². The molecule has 0 spiro atoms. The Balaban J connectivity index is 1.41. The summed E-state index contributed by atoms with van der Waals surface area (Å²) >= 11 is 0. The fourth-order valence-corrected chi connectivity index (χ4v) is 7.24. The van der Waals surface area contributed by atoms with Gasteiger partial charge in [0, 0.05) is 43.6 Å². The molecule has 5 nitrogen and oxygen atoms in total. The van der Waals surface area contributed by atoms with E-state index < -0.39 is 0 Å². The summed E-state index contributed by atoms with van der Waals surface area (Å²) in [6.45, 7) is 4.32. The Morgan fingerprint density at radius 3 is 2.34 bits per heavy atom. The maximum Gasteiger partial charge on any atom is 0.259 e. The lowest BCUT2D eigenvalue weighted by Gasteiger charge is -2.60. The summed E-state index contributed by atoms with van der Waals surface area (Å²) in [4.78, 5) is 32.9. The highest BCUT2D eigenvalue weighted by Crippen LogP contribution is 2.58. The Morgan fingerprint density at radius 2 is 1.76 bits per heavy atom. The molecule has 158 valence electrons. The summed E-state index contributed by atoms with van der Waals surface area (Å²) in [5, 5.41) is 0. The first-order valence-electron chi connectivity index (χ1n) is 11.7. The van der Waals surface area contributed by atoms with Crippen molar-refractivity contribution in [2.45, 2.75) is 76.7 Å². The molecule has 0 aromatic heterocycles. The summed E-state index contributed by atoms with van der Waals surface area (Å²) in [7, 11) is 0. The molecule has 4 aliphatic carbocycles.